The van der Waals surface area contributed by atoms with Crippen molar-refractivity contribution < 1.29 is 14.7 Å². The minimum Gasteiger partial charge on any atom is -0.478 e. The Morgan fingerprint density at radius 2 is 1.96 bits per heavy atom. The third-order valence-corrected chi connectivity index (χ3v) is 7.06. The summed E-state index contributed by atoms with van der Waals surface area (Å²) in [5.74, 6) is -0.891. The fourth-order valence-electron chi connectivity index (χ4n) is 3.38. The van der Waals surface area contributed by atoms with E-state index in [-0.39, 0.29) is 5.78 Å². The Morgan fingerprint density at radius 1 is 1.20 bits per heavy atom. The number of allylic oxidation sites excluding steroid dienone is 2. The molecule has 6 heteroatoms. The average molecular weight is 371 g/mol. The summed E-state index contributed by atoms with van der Waals surface area (Å²) < 4.78 is 0. The number of anilines is 1. The highest BCUT2D eigenvalue weighted by Gasteiger charge is 2.29. The number of aromatic carboxylic acids is 1. The molecule has 4 rings (SSSR count). The molecule has 1 aliphatic carbocycles. The molecule has 0 spiro atoms. The second kappa shape index (κ2) is 6.35. The van der Waals surface area contributed by atoms with E-state index in [0.29, 0.717) is 26.7 Å². The molecule has 1 aliphatic heterocycles. The van der Waals surface area contributed by atoms with Crippen molar-refractivity contribution in [1.82, 2.24) is 0 Å². The van der Waals surface area contributed by atoms with Gasteiger partial charge < -0.3 is 10.4 Å². The summed E-state index contributed by atoms with van der Waals surface area (Å²) in [5, 5.41) is 13.5. The van der Waals surface area contributed by atoms with E-state index < -0.39 is 5.97 Å². The van der Waals surface area contributed by atoms with Gasteiger partial charge in [0.25, 0.3) is 0 Å². The fourth-order valence-corrected chi connectivity index (χ4v) is 5.76. The van der Waals surface area contributed by atoms with Gasteiger partial charge in [0.15, 0.2) is 0 Å². The van der Waals surface area contributed by atoms with Crippen LogP contribution in [0, 0.1) is 0 Å². The smallest absolute Gasteiger partial charge is 0.339 e. The maximum atomic E-state index is 12.6. The lowest BCUT2D eigenvalue weighted by Gasteiger charge is -2.11. The Kier molecular flexibility index (Phi) is 4.17. The molecule has 0 atom stereocenters. The van der Waals surface area contributed by atoms with Gasteiger partial charge in [-0.05, 0) is 50.3 Å². The number of thiophene rings is 1. The van der Waals surface area contributed by atoms with E-state index in [0.717, 1.165) is 41.0 Å². The van der Waals surface area contributed by atoms with Crippen LogP contribution in [0.4, 0.5) is 5.00 Å². The average Bonchev–Trinajstić information content (AvgIpc) is 3.13. The Hall–Kier alpha value is -2.05. The number of rotatable bonds is 3. The predicted octanol–water partition coefficient (Wildman–Crippen LogP) is 4.96. The van der Waals surface area contributed by atoms with Gasteiger partial charge in [0.2, 0.25) is 5.78 Å². The number of nitrogens with one attached hydrogen (secondary N) is 1. The number of carboxylic acid groups (broad SMARTS) is 1. The van der Waals surface area contributed by atoms with E-state index in [1.807, 2.05) is 31.2 Å². The highest BCUT2D eigenvalue weighted by Crippen LogP contribution is 2.43. The molecule has 0 saturated heterocycles. The van der Waals surface area contributed by atoms with Gasteiger partial charge in [-0.15, -0.1) is 11.3 Å². The summed E-state index contributed by atoms with van der Waals surface area (Å²) in [6.07, 6.45) is 3.91. The molecule has 25 heavy (non-hydrogen) atoms. The highest BCUT2D eigenvalue weighted by atomic mass is 32.2. The first-order valence-electron chi connectivity index (χ1n) is 8.23. The summed E-state index contributed by atoms with van der Waals surface area (Å²) in [6.45, 7) is 1.84. The maximum Gasteiger partial charge on any atom is 0.339 e. The molecule has 0 saturated carbocycles. The molecule has 2 N–H and O–H groups in total. The first kappa shape index (κ1) is 16.4. The number of Topliss-reactive ketones (excluding diaryl/α,β-unsaturated/α-hetero) is 1. The van der Waals surface area contributed by atoms with Crippen LogP contribution < -0.4 is 5.32 Å². The van der Waals surface area contributed by atoms with Crippen molar-refractivity contribution in [2.75, 3.05) is 5.32 Å². The van der Waals surface area contributed by atoms with Crippen LogP contribution in [-0.4, -0.2) is 16.9 Å². The van der Waals surface area contributed by atoms with Crippen LogP contribution in [0.5, 0.6) is 0 Å². The van der Waals surface area contributed by atoms with Crippen molar-refractivity contribution in [3.05, 3.63) is 56.4 Å². The lowest BCUT2D eigenvalue weighted by molar-refractivity contribution is 0.0697. The lowest BCUT2D eigenvalue weighted by Crippen LogP contribution is -2.09. The monoisotopic (exact) mass is 371 g/mol. The van der Waals surface area contributed by atoms with Crippen molar-refractivity contribution in [2.45, 2.75) is 37.5 Å². The number of carbonyl (C=O) groups excluding carboxylic acids is 1. The molecule has 0 unspecified atom stereocenters. The zero-order chi connectivity index (χ0) is 17.6. The number of hydrogen-bond donors (Lipinski definition) is 2. The van der Waals surface area contributed by atoms with E-state index in [9.17, 15) is 14.7 Å². The number of benzene rings is 1. The number of hydrogen-bond acceptors (Lipinski definition) is 5. The Balaban J connectivity index is 1.70. The zero-order valence-corrected chi connectivity index (χ0v) is 15.4. The Labute approximate surface area is 154 Å². The molecule has 0 bridgehead atoms. The number of aryl methyl sites for hydroxylation is 1. The second-order valence-corrected chi connectivity index (χ2v) is 8.38. The van der Waals surface area contributed by atoms with Gasteiger partial charge >= 0.3 is 5.97 Å². The van der Waals surface area contributed by atoms with E-state index in [2.05, 4.69) is 5.32 Å². The molecule has 128 valence electrons. The predicted molar refractivity (Wildman–Crippen MR) is 101 cm³/mol. The maximum absolute atomic E-state index is 12.6. The minimum absolute atomic E-state index is 0.00351. The van der Waals surface area contributed by atoms with Crippen molar-refractivity contribution in [3.8, 4) is 0 Å². The van der Waals surface area contributed by atoms with Crippen LogP contribution in [0.2, 0.25) is 0 Å². The molecule has 1 aromatic heterocycles. The minimum atomic E-state index is -0.895. The molecule has 0 fully saturated rings. The third-order valence-electron chi connectivity index (χ3n) is 4.58. The molecule has 2 aromatic rings. The molecular formula is C19H17NO3S2. The molecule has 2 heterocycles. The van der Waals surface area contributed by atoms with Crippen LogP contribution in [0.1, 0.15) is 50.9 Å². The van der Waals surface area contributed by atoms with E-state index in [1.165, 1.54) is 23.1 Å². The summed E-state index contributed by atoms with van der Waals surface area (Å²) >= 11 is 2.96. The molecule has 2 aliphatic rings. The molecular weight excluding hydrogens is 354 g/mol. The van der Waals surface area contributed by atoms with Crippen molar-refractivity contribution in [1.29, 1.82) is 0 Å². The Bertz CT molecular complexity index is 927. The second-order valence-electron chi connectivity index (χ2n) is 6.23. The Morgan fingerprint density at radius 3 is 2.72 bits per heavy atom. The summed E-state index contributed by atoms with van der Waals surface area (Å²) in [4.78, 5) is 27.1. The van der Waals surface area contributed by atoms with Crippen LogP contribution in [0.3, 0.4) is 0 Å². The fraction of sp³-hybridized carbons (Fsp3) is 0.263. The van der Waals surface area contributed by atoms with Gasteiger partial charge in [-0.3, -0.25) is 4.79 Å². The van der Waals surface area contributed by atoms with Crippen molar-refractivity contribution in [2.24, 2.45) is 0 Å². The van der Waals surface area contributed by atoms with Gasteiger partial charge in [0.05, 0.1) is 10.5 Å². The number of thioether (sulfide) groups is 1. The van der Waals surface area contributed by atoms with E-state index in [1.54, 1.807) is 0 Å². The van der Waals surface area contributed by atoms with Crippen LogP contribution in [0.25, 0.3) is 0 Å². The normalized spacial score (nSPS) is 17.9. The highest BCUT2D eigenvalue weighted by molar-refractivity contribution is 8.04. The van der Waals surface area contributed by atoms with Crippen LogP contribution in [0.15, 0.2) is 39.8 Å². The summed E-state index contributed by atoms with van der Waals surface area (Å²) in [5.41, 5.74) is 2.78. The first-order chi connectivity index (χ1) is 12.1. The number of carboxylic acids is 1. The first-order valence-corrected chi connectivity index (χ1v) is 9.87. The zero-order valence-electron chi connectivity index (χ0n) is 13.7. The standard InChI is InChI=1S/C19H17NO3S2/c1-10(17-16(21)12-7-3-5-9-14(12)24-17)20-18-15(19(22)23)11-6-2-4-8-13(11)25-18/h3,5,7,9,20H,2,4,6,8H2,1H3,(H,22,23). The molecule has 4 nitrogen and oxygen atoms in total. The number of ketones is 1. The third kappa shape index (κ3) is 2.79. The van der Waals surface area contributed by atoms with E-state index in [4.69, 9.17) is 0 Å². The van der Waals surface area contributed by atoms with Crippen molar-refractivity contribution in [3.63, 3.8) is 0 Å². The number of fused-ring (bicyclic) bond motifs is 2. The van der Waals surface area contributed by atoms with Crippen LogP contribution in [-0.2, 0) is 12.8 Å². The van der Waals surface area contributed by atoms with Crippen molar-refractivity contribution >= 4 is 39.9 Å². The SMILES string of the molecule is CC(Nc1sc2c(c1C(=O)O)CCCC2)=C1Sc2ccccc2C1=O. The molecule has 0 amide bonds. The number of carbonyl (C=O) groups is 2. The topological polar surface area (TPSA) is 66.4 Å². The van der Waals surface area contributed by atoms with Gasteiger partial charge in [0, 0.05) is 21.0 Å². The largest absolute Gasteiger partial charge is 0.478 e. The van der Waals surface area contributed by atoms with Crippen LogP contribution >= 0.6 is 23.1 Å². The van der Waals surface area contributed by atoms with Gasteiger partial charge in [-0.25, -0.2) is 4.79 Å². The summed E-state index contributed by atoms with van der Waals surface area (Å²) in [7, 11) is 0. The lowest BCUT2D eigenvalue weighted by atomic mass is 9.95. The van der Waals surface area contributed by atoms with Gasteiger partial charge in [0.1, 0.15) is 5.00 Å². The van der Waals surface area contributed by atoms with E-state index >= 15 is 0 Å². The summed E-state index contributed by atoms with van der Waals surface area (Å²) in [6, 6.07) is 7.54. The van der Waals surface area contributed by atoms with Gasteiger partial charge in [-0.2, -0.15) is 0 Å². The quantitative estimate of drug-likeness (QED) is 0.747. The van der Waals surface area contributed by atoms with Gasteiger partial charge in [-0.1, -0.05) is 23.9 Å². The molecule has 0 radical (unpaired) electrons. The molecule has 1 aromatic carbocycles.